The molecule has 116 valence electrons. The number of rotatable bonds is 4. The van der Waals surface area contributed by atoms with Crippen LogP contribution in [0.5, 0.6) is 0 Å². The smallest absolute Gasteiger partial charge is 0.306 e. The predicted octanol–water partition coefficient (Wildman–Crippen LogP) is 2.67. The molecule has 2 fully saturated rings. The Morgan fingerprint density at radius 2 is 1.57 bits per heavy atom. The Balaban J connectivity index is 1.95. The SMILES string of the molecule is C#CCN(C(=O)C1CCC(C(=O)O)CC1)C1CCCCC1. The molecule has 0 atom stereocenters. The Bertz CT molecular complexity index is 412. The molecule has 4 nitrogen and oxygen atoms in total. The number of hydrogen-bond donors (Lipinski definition) is 1. The van der Waals surface area contributed by atoms with Crippen LogP contribution >= 0.6 is 0 Å². The molecule has 1 amide bonds. The van der Waals surface area contributed by atoms with E-state index in [0.717, 1.165) is 12.8 Å². The number of aliphatic carboxylic acids is 1. The predicted molar refractivity (Wildman–Crippen MR) is 80.5 cm³/mol. The van der Waals surface area contributed by atoms with Crippen LogP contribution < -0.4 is 0 Å². The summed E-state index contributed by atoms with van der Waals surface area (Å²) in [7, 11) is 0. The third-order valence-electron chi connectivity index (χ3n) is 4.99. The highest BCUT2D eigenvalue weighted by atomic mass is 16.4. The maximum atomic E-state index is 12.7. The van der Waals surface area contributed by atoms with Crippen LogP contribution in [0.3, 0.4) is 0 Å². The van der Waals surface area contributed by atoms with Crippen LogP contribution in [-0.2, 0) is 9.59 Å². The van der Waals surface area contributed by atoms with Gasteiger partial charge in [-0.05, 0) is 38.5 Å². The molecule has 0 bridgehead atoms. The number of carbonyl (C=O) groups excluding carboxylic acids is 1. The van der Waals surface area contributed by atoms with Gasteiger partial charge in [-0.1, -0.05) is 25.2 Å². The second-order valence-electron chi connectivity index (χ2n) is 6.35. The van der Waals surface area contributed by atoms with Crippen LogP contribution in [0, 0.1) is 24.2 Å². The zero-order valence-corrected chi connectivity index (χ0v) is 12.6. The van der Waals surface area contributed by atoms with Crippen molar-refractivity contribution in [1.29, 1.82) is 0 Å². The number of nitrogens with zero attached hydrogens (tertiary/aromatic N) is 1. The van der Waals surface area contributed by atoms with Crippen molar-refractivity contribution >= 4 is 11.9 Å². The van der Waals surface area contributed by atoms with Crippen LogP contribution in [0.25, 0.3) is 0 Å². The summed E-state index contributed by atoms with van der Waals surface area (Å²) in [5, 5.41) is 9.04. The van der Waals surface area contributed by atoms with Crippen LogP contribution in [0.15, 0.2) is 0 Å². The first-order valence-electron chi connectivity index (χ1n) is 8.10. The summed E-state index contributed by atoms with van der Waals surface area (Å²) in [4.78, 5) is 25.6. The van der Waals surface area contributed by atoms with E-state index in [4.69, 9.17) is 11.5 Å². The summed E-state index contributed by atoms with van der Waals surface area (Å²) < 4.78 is 0. The van der Waals surface area contributed by atoms with Crippen LogP contribution in [0.1, 0.15) is 57.8 Å². The van der Waals surface area contributed by atoms with Crippen LogP contribution in [0.2, 0.25) is 0 Å². The number of carboxylic acids is 1. The average molecular weight is 291 g/mol. The molecule has 1 N–H and O–H groups in total. The van der Waals surface area contributed by atoms with Gasteiger partial charge < -0.3 is 10.0 Å². The van der Waals surface area contributed by atoms with E-state index in [1.807, 2.05) is 4.90 Å². The molecule has 0 radical (unpaired) electrons. The molecule has 0 heterocycles. The Hall–Kier alpha value is -1.50. The summed E-state index contributed by atoms with van der Waals surface area (Å²) in [5.74, 6) is 1.75. The quantitative estimate of drug-likeness (QED) is 0.810. The Kier molecular flexibility index (Phi) is 5.67. The van der Waals surface area contributed by atoms with Crippen molar-refractivity contribution in [2.45, 2.75) is 63.8 Å². The van der Waals surface area contributed by atoms with E-state index >= 15 is 0 Å². The number of carbonyl (C=O) groups is 2. The zero-order valence-electron chi connectivity index (χ0n) is 12.6. The number of terminal acetylenes is 1. The van der Waals surface area contributed by atoms with E-state index in [0.29, 0.717) is 38.3 Å². The van der Waals surface area contributed by atoms with Crippen molar-refractivity contribution in [3.63, 3.8) is 0 Å². The van der Waals surface area contributed by atoms with Gasteiger partial charge in [0, 0.05) is 12.0 Å². The maximum Gasteiger partial charge on any atom is 0.306 e. The van der Waals surface area contributed by atoms with Crippen molar-refractivity contribution in [3.05, 3.63) is 0 Å². The van der Waals surface area contributed by atoms with E-state index in [9.17, 15) is 9.59 Å². The second-order valence-corrected chi connectivity index (χ2v) is 6.35. The third kappa shape index (κ3) is 4.00. The lowest BCUT2D eigenvalue weighted by atomic mass is 9.81. The summed E-state index contributed by atoms with van der Waals surface area (Å²) in [6, 6.07) is 0.291. The van der Waals surface area contributed by atoms with Gasteiger partial charge >= 0.3 is 5.97 Å². The molecule has 0 aromatic rings. The van der Waals surface area contributed by atoms with E-state index in [2.05, 4.69) is 5.92 Å². The highest BCUT2D eigenvalue weighted by Gasteiger charge is 2.34. The Labute approximate surface area is 126 Å². The fourth-order valence-corrected chi connectivity index (χ4v) is 3.70. The first-order chi connectivity index (χ1) is 10.1. The Morgan fingerprint density at radius 1 is 1.00 bits per heavy atom. The molecule has 0 aliphatic heterocycles. The minimum atomic E-state index is -0.728. The molecule has 0 saturated heterocycles. The van der Waals surface area contributed by atoms with Gasteiger partial charge in [-0.15, -0.1) is 6.42 Å². The monoisotopic (exact) mass is 291 g/mol. The highest BCUT2D eigenvalue weighted by Crippen LogP contribution is 2.32. The standard InChI is InChI=1S/C17H25NO3/c1-2-12-18(15-6-4-3-5-7-15)16(19)13-8-10-14(11-9-13)17(20)21/h1,13-15H,3-12H2,(H,20,21). The lowest BCUT2D eigenvalue weighted by Gasteiger charge is -2.37. The van der Waals surface area contributed by atoms with Gasteiger partial charge in [0.1, 0.15) is 0 Å². The molecular weight excluding hydrogens is 266 g/mol. The van der Waals surface area contributed by atoms with Crippen molar-refractivity contribution in [2.24, 2.45) is 11.8 Å². The van der Waals surface area contributed by atoms with Crippen LogP contribution in [-0.4, -0.2) is 34.5 Å². The van der Waals surface area contributed by atoms with Crippen molar-refractivity contribution in [3.8, 4) is 12.3 Å². The number of carboxylic acid groups (broad SMARTS) is 1. The van der Waals surface area contributed by atoms with Gasteiger partial charge in [0.05, 0.1) is 12.5 Å². The maximum absolute atomic E-state index is 12.7. The lowest BCUT2D eigenvalue weighted by molar-refractivity contribution is -0.146. The van der Waals surface area contributed by atoms with E-state index in [1.165, 1.54) is 19.3 Å². The van der Waals surface area contributed by atoms with Crippen molar-refractivity contribution < 1.29 is 14.7 Å². The van der Waals surface area contributed by atoms with E-state index < -0.39 is 5.97 Å². The molecule has 0 spiro atoms. The van der Waals surface area contributed by atoms with Gasteiger partial charge in [-0.2, -0.15) is 0 Å². The van der Waals surface area contributed by atoms with Gasteiger partial charge in [-0.25, -0.2) is 0 Å². The van der Waals surface area contributed by atoms with Gasteiger partial charge in [0.25, 0.3) is 0 Å². The average Bonchev–Trinajstić information content (AvgIpc) is 2.53. The van der Waals surface area contributed by atoms with E-state index in [-0.39, 0.29) is 17.7 Å². The normalized spacial score (nSPS) is 26.8. The minimum Gasteiger partial charge on any atom is -0.481 e. The van der Waals surface area contributed by atoms with Crippen LogP contribution in [0.4, 0.5) is 0 Å². The molecule has 0 aromatic carbocycles. The molecule has 21 heavy (non-hydrogen) atoms. The number of amides is 1. The third-order valence-corrected chi connectivity index (χ3v) is 4.99. The fourth-order valence-electron chi connectivity index (χ4n) is 3.70. The zero-order chi connectivity index (χ0) is 15.2. The van der Waals surface area contributed by atoms with Gasteiger partial charge in [0.2, 0.25) is 5.91 Å². The van der Waals surface area contributed by atoms with E-state index in [1.54, 1.807) is 0 Å². The molecule has 0 aromatic heterocycles. The molecule has 2 aliphatic rings. The Morgan fingerprint density at radius 3 is 2.10 bits per heavy atom. The fraction of sp³-hybridized carbons (Fsp3) is 0.765. The molecule has 2 aliphatic carbocycles. The van der Waals surface area contributed by atoms with Gasteiger partial charge in [0.15, 0.2) is 0 Å². The largest absolute Gasteiger partial charge is 0.481 e. The molecule has 2 rings (SSSR count). The first kappa shape index (κ1) is 15.9. The summed E-state index contributed by atoms with van der Waals surface area (Å²) in [6.45, 7) is 0.391. The molecular formula is C17H25NO3. The minimum absolute atomic E-state index is 0.0316. The highest BCUT2D eigenvalue weighted by molar-refractivity contribution is 5.80. The summed E-state index contributed by atoms with van der Waals surface area (Å²) in [6.07, 6.45) is 13.7. The summed E-state index contributed by atoms with van der Waals surface area (Å²) in [5.41, 5.74) is 0. The molecule has 4 heteroatoms. The molecule has 0 unspecified atom stereocenters. The molecule has 2 saturated carbocycles. The van der Waals surface area contributed by atoms with Crippen molar-refractivity contribution in [1.82, 2.24) is 4.90 Å². The topological polar surface area (TPSA) is 57.6 Å². The lowest BCUT2D eigenvalue weighted by Crippen LogP contribution is -2.45. The van der Waals surface area contributed by atoms with Crippen molar-refractivity contribution in [2.75, 3.05) is 6.54 Å². The first-order valence-corrected chi connectivity index (χ1v) is 8.10. The summed E-state index contributed by atoms with van der Waals surface area (Å²) >= 11 is 0. The van der Waals surface area contributed by atoms with Gasteiger partial charge in [-0.3, -0.25) is 9.59 Å². The number of hydrogen-bond acceptors (Lipinski definition) is 2. The second kappa shape index (κ2) is 7.49.